The number of rotatable bonds is 6. The van der Waals surface area contributed by atoms with Gasteiger partial charge in [-0.15, -0.1) is 0 Å². The highest BCUT2D eigenvalue weighted by atomic mass is 32.1. The number of nitrogens with two attached hydrogens (primary N) is 1. The summed E-state index contributed by atoms with van der Waals surface area (Å²) in [6.45, 7) is 8.07. The second-order valence-electron chi connectivity index (χ2n) is 9.31. The fourth-order valence-corrected chi connectivity index (χ4v) is 4.26. The van der Waals surface area contributed by atoms with Gasteiger partial charge in [0.2, 0.25) is 0 Å². The number of imidazole rings is 1. The first-order valence-electron chi connectivity index (χ1n) is 10.6. The van der Waals surface area contributed by atoms with E-state index in [0.717, 1.165) is 0 Å². The number of anilines is 1. The summed E-state index contributed by atoms with van der Waals surface area (Å²) in [5.41, 5.74) is 5.84. The molecule has 1 aliphatic heterocycles. The van der Waals surface area contributed by atoms with Crippen molar-refractivity contribution in [1.82, 2.24) is 24.4 Å². The highest BCUT2D eigenvalue weighted by Crippen LogP contribution is 2.36. The number of hydrogen-bond donors (Lipinski definition) is 4. The number of nitrogens with one attached hydrogen (secondary N) is 1. The molecule has 4 atom stereocenters. The van der Waals surface area contributed by atoms with Crippen LogP contribution in [0.5, 0.6) is 0 Å². The smallest absolute Gasteiger partial charge is 0.411 e. The van der Waals surface area contributed by atoms with Crippen molar-refractivity contribution in [2.24, 2.45) is 5.92 Å². The van der Waals surface area contributed by atoms with E-state index in [-0.39, 0.29) is 17.0 Å². The van der Waals surface area contributed by atoms with Crippen LogP contribution in [-0.2, 0) is 14.3 Å². The van der Waals surface area contributed by atoms with Crippen LogP contribution in [0, 0.1) is 10.6 Å². The lowest BCUT2D eigenvalue weighted by Gasteiger charge is -2.38. The molecule has 0 radical (unpaired) electrons. The maximum atomic E-state index is 13.2. The molecule has 1 amide bonds. The molecule has 0 spiro atoms. The maximum absolute atomic E-state index is 13.2. The fraction of sp³-hybridized carbons (Fsp3) is 0.650. The molecular formula is C20H30N6O6S. The number of aliphatic hydroxyl groups is 1. The molecule has 0 bridgehead atoms. The second kappa shape index (κ2) is 9.23. The Balaban J connectivity index is 2.03. The van der Waals surface area contributed by atoms with Crippen molar-refractivity contribution in [3.8, 4) is 0 Å². The minimum Gasteiger partial charge on any atom is -0.480 e. The molecule has 13 heteroatoms. The fourth-order valence-electron chi connectivity index (χ4n) is 4.01. The summed E-state index contributed by atoms with van der Waals surface area (Å²) < 4.78 is 13.4. The Morgan fingerprint density at radius 1 is 1.45 bits per heavy atom. The number of carbonyl (C=O) groups excluding carboxylic acids is 1. The number of nitrogens with zero attached hydrogens (tertiary/aromatic N) is 4. The molecule has 0 saturated carbocycles. The first-order chi connectivity index (χ1) is 15.3. The zero-order chi connectivity index (χ0) is 24.7. The number of carbonyl (C=O) groups is 2. The summed E-state index contributed by atoms with van der Waals surface area (Å²) >= 11 is 5.21. The lowest BCUT2D eigenvalue weighted by molar-refractivity contribution is -0.147. The van der Waals surface area contributed by atoms with Gasteiger partial charge in [-0.3, -0.25) is 9.47 Å². The average Bonchev–Trinajstić information content (AvgIpc) is 3.27. The lowest BCUT2D eigenvalue weighted by atomic mass is 9.98. The standard InChI is InChI=1S/C20H30N6O6S/c1-9(2)14(17(28)29)26(19(30)32-20(3,4)5)10-6-12(31-11(10)7-27)25-8-22-13-15(25)23-18(21)24-16(13)33/h8-12,14,27H,6-7H2,1-5H3,(H,28,29)(H3,21,23,24,33)/t10-,11?,12+,14+/m0/s1. The Morgan fingerprint density at radius 3 is 2.67 bits per heavy atom. The minimum absolute atomic E-state index is 0.101. The van der Waals surface area contributed by atoms with Crippen LogP contribution in [0.25, 0.3) is 11.2 Å². The number of H-pyrrole nitrogens is 1. The van der Waals surface area contributed by atoms with Crippen LogP contribution < -0.4 is 5.73 Å². The van der Waals surface area contributed by atoms with Gasteiger partial charge in [-0.1, -0.05) is 26.1 Å². The van der Waals surface area contributed by atoms with Crippen LogP contribution >= 0.6 is 12.2 Å². The monoisotopic (exact) mass is 482 g/mol. The normalized spacial score (nSPS) is 22.0. The van der Waals surface area contributed by atoms with Gasteiger partial charge in [0.05, 0.1) is 19.0 Å². The van der Waals surface area contributed by atoms with Crippen molar-refractivity contribution < 1.29 is 29.3 Å². The zero-order valence-corrected chi connectivity index (χ0v) is 20.0. The number of fused-ring (bicyclic) bond motifs is 1. The second-order valence-corrected chi connectivity index (χ2v) is 9.69. The molecule has 1 unspecified atom stereocenters. The van der Waals surface area contributed by atoms with E-state index in [0.29, 0.717) is 11.2 Å². The summed E-state index contributed by atoms with van der Waals surface area (Å²) in [5.74, 6) is -1.50. The molecule has 1 aliphatic rings. The van der Waals surface area contributed by atoms with E-state index < -0.39 is 54.6 Å². The molecule has 5 N–H and O–H groups in total. The molecule has 0 aliphatic carbocycles. The predicted molar refractivity (Wildman–Crippen MR) is 121 cm³/mol. The molecular weight excluding hydrogens is 452 g/mol. The summed E-state index contributed by atoms with van der Waals surface area (Å²) in [5, 5.41) is 20.0. The van der Waals surface area contributed by atoms with Crippen molar-refractivity contribution in [3.63, 3.8) is 0 Å². The predicted octanol–water partition coefficient (Wildman–Crippen LogP) is 2.07. The van der Waals surface area contributed by atoms with Gasteiger partial charge in [0.15, 0.2) is 10.6 Å². The quantitative estimate of drug-likeness (QED) is 0.447. The van der Waals surface area contributed by atoms with E-state index in [2.05, 4.69) is 15.0 Å². The van der Waals surface area contributed by atoms with Crippen LogP contribution in [0.2, 0.25) is 0 Å². The zero-order valence-electron chi connectivity index (χ0n) is 19.2. The van der Waals surface area contributed by atoms with Crippen molar-refractivity contribution in [3.05, 3.63) is 11.0 Å². The van der Waals surface area contributed by atoms with Crippen molar-refractivity contribution >= 4 is 41.4 Å². The number of aliphatic carboxylic acids is 1. The first kappa shape index (κ1) is 24.9. The van der Waals surface area contributed by atoms with Crippen molar-refractivity contribution in [1.29, 1.82) is 0 Å². The third-order valence-electron chi connectivity index (χ3n) is 5.30. The molecule has 182 valence electrons. The van der Waals surface area contributed by atoms with Gasteiger partial charge in [0.25, 0.3) is 0 Å². The van der Waals surface area contributed by atoms with Crippen LogP contribution in [0.3, 0.4) is 0 Å². The van der Waals surface area contributed by atoms with E-state index in [1.807, 2.05) is 0 Å². The number of aliphatic hydroxyl groups excluding tert-OH is 1. The van der Waals surface area contributed by atoms with E-state index >= 15 is 0 Å². The van der Waals surface area contributed by atoms with E-state index in [1.54, 1.807) is 39.2 Å². The minimum atomic E-state index is -1.19. The van der Waals surface area contributed by atoms with Crippen LogP contribution in [0.1, 0.15) is 47.3 Å². The Kier molecular flexibility index (Phi) is 6.96. The van der Waals surface area contributed by atoms with E-state index in [9.17, 15) is 19.8 Å². The number of hydrogen-bond acceptors (Lipinski definition) is 9. The van der Waals surface area contributed by atoms with Gasteiger partial charge in [0, 0.05) is 6.42 Å². The number of carboxylic acids is 1. The molecule has 1 saturated heterocycles. The first-order valence-corrected chi connectivity index (χ1v) is 11.0. The van der Waals surface area contributed by atoms with Crippen molar-refractivity contribution in [2.45, 2.75) is 71.1 Å². The molecule has 3 rings (SSSR count). The number of amides is 1. The van der Waals surface area contributed by atoms with E-state index in [1.165, 1.54) is 11.2 Å². The molecule has 2 aromatic heterocycles. The molecule has 0 aromatic carbocycles. The van der Waals surface area contributed by atoms with Crippen LogP contribution in [0.15, 0.2) is 6.33 Å². The molecule has 2 aromatic rings. The third kappa shape index (κ3) is 5.09. The molecule has 33 heavy (non-hydrogen) atoms. The highest BCUT2D eigenvalue weighted by molar-refractivity contribution is 7.71. The van der Waals surface area contributed by atoms with Gasteiger partial charge in [-0.05, 0) is 26.7 Å². The molecule has 1 fully saturated rings. The van der Waals surface area contributed by atoms with Crippen molar-refractivity contribution in [2.75, 3.05) is 12.3 Å². The SMILES string of the molecule is CC(C)[C@H](C(=O)O)N(C(=O)OC(C)(C)C)[C@H]1C[C@H](n2cnc3c(=S)nc(N)[nH]c32)OC1CO. The summed E-state index contributed by atoms with van der Waals surface area (Å²) in [4.78, 5) is 37.7. The third-order valence-corrected chi connectivity index (χ3v) is 5.59. The largest absolute Gasteiger partial charge is 0.480 e. The van der Waals surface area contributed by atoms with E-state index in [4.69, 9.17) is 27.4 Å². The van der Waals surface area contributed by atoms with Gasteiger partial charge < -0.3 is 30.4 Å². The Labute approximate surface area is 195 Å². The Morgan fingerprint density at radius 2 is 2.12 bits per heavy atom. The Bertz CT molecular complexity index is 1090. The van der Waals surface area contributed by atoms with Gasteiger partial charge >= 0.3 is 12.1 Å². The Hall–Kier alpha value is -2.77. The number of nitrogen functional groups attached to an aromatic ring is 1. The van der Waals surface area contributed by atoms with Crippen LogP contribution in [0.4, 0.5) is 10.7 Å². The topological polar surface area (TPSA) is 169 Å². The number of ether oxygens (including phenoxy) is 2. The summed E-state index contributed by atoms with van der Waals surface area (Å²) in [6, 6.07) is -1.97. The highest BCUT2D eigenvalue weighted by Gasteiger charge is 2.48. The van der Waals surface area contributed by atoms with Gasteiger partial charge in [0.1, 0.15) is 35.1 Å². The summed E-state index contributed by atoms with van der Waals surface area (Å²) in [6.07, 6.45) is -0.664. The number of aromatic nitrogens is 4. The lowest BCUT2D eigenvalue weighted by Crippen LogP contribution is -2.57. The number of aromatic amines is 1. The van der Waals surface area contributed by atoms with Gasteiger partial charge in [-0.25, -0.2) is 19.6 Å². The molecule has 3 heterocycles. The van der Waals surface area contributed by atoms with Crippen LogP contribution in [-0.4, -0.2) is 77.1 Å². The average molecular weight is 483 g/mol. The molecule has 12 nitrogen and oxygen atoms in total. The van der Waals surface area contributed by atoms with Gasteiger partial charge in [-0.2, -0.15) is 0 Å². The summed E-state index contributed by atoms with van der Waals surface area (Å²) in [7, 11) is 0. The number of carboxylic acid groups (broad SMARTS) is 1. The maximum Gasteiger partial charge on any atom is 0.411 e.